The highest BCUT2D eigenvalue weighted by Gasteiger charge is 2.38. The molecule has 30 heavy (non-hydrogen) atoms. The van der Waals surface area contributed by atoms with Gasteiger partial charge in [-0.3, -0.25) is 9.48 Å². The normalized spacial score (nSPS) is 17.8. The molecule has 0 saturated carbocycles. The number of nitrogens with zero attached hydrogens (tertiary/aromatic N) is 5. The number of piperidine rings is 1. The Morgan fingerprint density at radius 1 is 1.33 bits per heavy atom. The highest BCUT2D eigenvalue weighted by atomic mass is 19.4. The number of halogens is 3. The Bertz CT molecular complexity index is 1090. The monoisotopic (exact) mass is 421 g/mol. The topological polar surface area (TPSA) is 77.0 Å². The quantitative estimate of drug-likeness (QED) is 0.636. The Morgan fingerprint density at radius 2 is 2.10 bits per heavy atom. The summed E-state index contributed by atoms with van der Waals surface area (Å²) in [6, 6.07) is 1.08. The van der Waals surface area contributed by atoms with Crippen molar-refractivity contribution in [3.63, 3.8) is 0 Å². The third kappa shape index (κ3) is 3.66. The van der Waals surface area contributed by atoms with E-state index >= 15 is 0 Å². The Hall–Kier alpha value is -2.91. The smallest absolute Gasteiger partial charge is 0.338 e. The number of aromatic nitrogens is 4. The zero-order valence-corrected chi connectivity index (χ0v) is 16.9. The van der Waals surface area contributed by atoms with Crippen molar-refractivity contribution in [1.29, 1.82) is 0 Å². The number of aryl methyl sites for hydroxylation is 1. The molecule has 160 valence electrons. The summed E-state index contributed by atoms with van der Waals surface area (Å²) in [6.07, 6.45) is -0.191. The largest absolute Gasteiger partial charge is 0.417 e. The maximum atomic E-state index is 13.8. The van der Waals surface area contributed by atoms with Crippen molar-refractivity contribution in [3.05, 3.63) is 41.0 Å². The van der Waals surface area contributed by atoms with Gasteiger partial charge in [0.05, 0.1) is 28.4 Å². The molecule has 1 atom stereocenters. The summed E-state index contributed by atoms with van der Waals surface area (Å²) in [4.78, 5) is 18.7. The Morgan fingerprint density at radius 3 is 2.73 bits per heavy atom. The van der Waals surface area contributed by atoms with Gasteiger partial charge in [0.25, 0.3) is 11.6 Å². The van der Waals surface area contributed by atoms with Gasteiger partial charge in [0.2, 0.25) is 0 Å². The molecule has 0 aromatic carbocycles. The maximum absolute atomic E-state index is 13.8. The van der Waals surface area contributed by atoms with Crippen molar-refractivity contribution in [2.45, 2.75) is 44.7 Å². The number of hydrogen-bond donors (Lipinski definition) is 0. The van der Waals surface area contributed by atoms with Crippen LogP contribution in [0.15, 0.2) is 23.0 Å². The molecule has 4 rings (SSSR count). The van der Waals surface area contributed by atoms with Crippen LogP contribution in [0, 0.1) is 0 Å². The third-order valence-electron chi connectivity index (χ3n) is 5.44. The molecule has 3 aromatic heterocycles. The molecule has 0 bridgehead atoms. The number of alkyl halides is 3. The van der Waals surface area contributed by atoms with E-state index in [0.717, 1.165) is 6.07 Å². The Kier molecular flexibility index (Phi) is 5.03. The number of carbonyl (C=O) groups is 1. The molecule has 1 fully saturated rings. The summed E-state index contributed by atoms with van der Waals surface area (Å²) in [5, 5.41) is 7.88. The minimum atomic E-state index is -4.56. The van der Waals surface area contributed by atoms with Gasteiger partial charge in [-0.25, -0.2) is 4.98 Å². The fourth-order valence-corrected chi connectivity index (χ4v) is 3.89. The molecule has 1 saturated heterocycles. The van der Waals surface area contributed by atoms with Crippen LogP contribution >= 0.6 is 0 Å². The number of rotatable bonds is 3. The van der Waals surface area contributed by atoms with Gasteiger partial charge >= 0.3 is 6.18 Å². The van der Waals surface area contributed by atoms with E-state index in [4.69, 9.17) is 4.52 Å². The Balaban J connectivity index is 1.71. The molecule has 1 amide bonds. The number of pyridine rings is 1. The molecule has 0 spiro atoms. The molecule has 1 aliphatic rings. The average Bonchev–Trinajstić information content (AvgIpc) is 3.32. The van der Waals surface area contributed by atoms with Crippen molar-refractivity contribution in [3.8, 4) is 0 Å². The molecule has 0 N–H and O–H groups in total. The summed E-state index contributed by atoms with van der Waals surface area (Å²) in [5.41, 5.74) is 0.0585. The summed E-state index contributed by atoms with van der Waals surface area (Å²) in [6.45, 7) is 4.34. The van der Waals surface area contributed by atoms with Gasteiger partial charge in [0.1, 0.15) is 0 Å². The van der Waals surface area contributed by atoms with E-state index in [9.17, 15) is 18.0 Å². The number of fused-ring (bicyclic) bond motifs is 1. The van der Waals surface area contributed by atoms with Crippen molar-refractivity contribution in [1.82, 2.24) is 24.8 Å². The zero-order chi connectivity index (χ0) is 21.6. The first-order chi connectivity index (χ1) is 14.1. The van der Waals surface area contributed by atoms with Crippen LogP contribution in [-0.2, 0) is 13.2 Å². The summed E-state index contributed by atoms with van der Waals surface area (Å²) in [5.74, 6) is -0.753. The molecule has 0 radical (unpaired) electrons. The molecule has 10 heteroatoms. The van der Waals surface area contributed by atoms with Crippen molar-refractivity contribution in [2.24, 2.45) is 7.05 Å². The van der Waals surface area contributed by atoms with Crippen LogP contribution in [-0.4, -0.2) is 43.8 Å². The van der Waals surface area contributed by atoms with Crippen molar-refractivity contribution < 1.29 is 22.5 Å². The second kappa shape index (κ2) is 7.41. The fourth-order valence-electron chi connectivity index (χ4n) is 3.89. The van der Waals surface area contributed by atoms with Crippen LogP contribution in [0.25, 0.3) is 11.1 Å². The van der Waals surface area contributed by atoms with Crippen molar-refractivity contribution in [2.75, 3.05) is 13.1 Å². The lowest BCUT2D eigenvalue weighted by Crippen LogP contribution is -2.39. The SMILES string of the molecule is CC(C)c1cc(C(F)(F)F)c2c([C@@H]3CCCN(C(=O)c4cnn(C)c4)C3)noc2n1. The summed E-state index contributed by atoms with van der Waals surface area (Å²) in [7, 11) is 1.72. The van der Waals surface area contributed by atoms with Gasteiger partial charge in [-0.05, 0) is 24.8 Å². The van der Waals surface area contributed by atoms with Crippen LogP contribution in [0.1, 0.15) is 65.8 Å². The first-order valence-corrected chi connectivity index (χ1v) is 9.80. The van der Waals surface area contributed by atoms with Gasteiger partial charge in [-0.2, -0.15) is 18.3 Å². The predicted octanol–water partition coefficient (Wildman–Crippen LogP) is 4.12. The number of carbonyl (C=O) groups excluding carboxylic acids is 1. The predicted molar refractivity (Wildman–Crippen MR) is 102 cm³/mol. The second-order valence-corrected chi connectivity index (χ2v) is 7.99. The van der Waals surface area contributed by atoms with E-state index in [0.29, 0.717) is 30.6 Å². The molecule has 4 heterocycles. The van der Waals surface area contributed by atoms with E-state index in [-0.39, 0.29) is 41.1 Å². The van der Waals surface area contributed by atoms with Crippen molar-refractivity contribution >= 4 is 17.0 Å². The Labute approximate surface area is 170 Å². The summed E-state index contributed by atoms with van der Waals surface area (Å²) < 4.78 is 48.3. The minimum Gasteiger partial charge on any atom is -0.338 e. The summed E-state index contributed by atoms with van der Waals surface area (Å²) >= 11 is 0. The van der Waals surface area contributed by atoms with Gasteiger partial charge in [-0.15, -0.1) is 0 Å². The molecule has 0 unspecified atom stereocenters. The van der Waals surface area contributed by atoms with Crippen LogP contribution in [0.3, 0.4) is 0 Å². The standard InChI is InChI=1S/C20H22F3N5O2/c1-11(2)15-7-14(20(21,22)23)16-17(26-30-18(16)25-15)12-5-4-6-28(10-12)19(29)13-8-24-27(3)9-13/h7-9,11-12H,4-6,10H2,1-3H3/t12-/m1/s1. The second-order valence-electron chi connectivity index (χ2n) is 7.99. The van der Waals surface area contributed by atoms with E-state index in [1.54, 1.807) is 32.0 Å². The number of amides is 1. The molecule has 1 aliphatic heterocycles. The first-order valence-electron chi connectivity index (χ1n) is 9.80. The lowest BCUT2D eigenvalue weighted by molar-refractivity contribution is -0.136. The molecule has 0 aliphatic carbocycles. The van der Waals surface area contributed by atoms with E-state index < -0.39 is 11.7 Å². The van der Waals surface area contributed by atoms with Gasteiger partial charge in [-0.1, -0.05) is 19.0 Å². The van der Waals surface area contributed by atoms with Gasteiger partial charge < -0.3 is 9.42 Å². The lowest BCUT2D eigenvalue weighted by atomic mass is 9.91. The van der Waals surface area contributed by atoms with E-state index in [2.05, 4.69) is 15.2 Å². The molecular weight excluding hydrogens is 399 g/mol. The van der Waals surface area contributed by atoms with E-state index in [1.807, 2.05) is 0 Å². The third-order valence-corrected chi connectivity index (χ3v) is 5.44. The van der Waals surface area contributed by atoms with Crippen LogP contribution in [0.5, 0.6) is 0 Å². The van der Waals surface area contributed by atoms with Gasteiger partial charge in [0, 0.05) is 37.9 Å². The highest BCUT2D eigenvalue weighted by Crippen LogP contribution is 2.40. The first kappa shape index (κ1) is 20.4. The highest BCUT2D eigenvalue weighted by molar-refractivity contribution is 5.94. The maximum Gasteiger partial charge on any atom is 0.417 e. The molecular formula is C20H22F3N5O2. The molecule has 7 nitrogen and oxygen atoms in total. The van der Waals surface area contributed by atoms with E-state index in [1.165, 1.54) is 10.9 Å². The van der Waals surface area contributed by atoms with Gasteiger partial charge in [0.15, 0.2) is 0 Å². The lowest BCUT2D eigenvalue weighted by Gasteiger charge is -2.31. The van der Waals surface area contributed by atoms with Crippen LogP contribution in [0.2, 0.25) is 0 Å². The zero-order valence-electron chi connectivity index (χ0n) is 16.9. The van der Waals surface area contributed by atoms with Crippen LogP contribution in [0.4, 0.5) is 13.2 Å². The minimum absolute atomic E-state index is 0.104. The van der Waals surface area contributed by atoms with Crippen LogP contribution < -0.4 is 0 Å². The fraction of sp³-hybridized carbons (Fsp3) is 0.500. The average molecular weight is 421 g/mol. The molecule has 3 aromatic rings. The number of hydrogen-bond acceptors (Lipinski definition) is 5. The number of likely N-dealkylation sites (tertiary alicyclic amines) is 1.